The molecule has 1 heterocycles. The van der Waals surface area contributed by atoms with Crippen molar-refractivity contribution in [3.63, 3.8) is 0 Å². The fourth-order valence-electron chi connectivity index (χ4n) is 1.85. The lowest BCUT2D eigenvalue weighted by atomic mass is 9.89. The van der Waals surface area contributed by atoms with Crippen LogP contribution in [-0.2, 0) is 0 Å². The van der Waals surface area contributed by atoms with Gasteiger partial charge in [0.05, 0.1) is 0 Å². The number of nitrogens with one attached hydrogen (secondary N) is 1. The Balaban J connectivity index is 2.48. The van der Waals surface area contributed by atoms with Crippen LogP contribution in [0.3, 0.4) is 0 Å². The number of hydrogen-bond donors (Lipinski definition) is 1. The van der Waals surface area contributed by atoms with Crippen molar-refractivity contribution in [2.75, 3.05) is 13.1 Å². The molecule has 2 atom stereocenters. The maximum Gasteiger partial charge on any atom is 0.317 e. The van der Waals surface area contributed by atoms with E-state index in [1.54, 1.807) is 0 Å². The number of carbonyl (C=O) groups is 1. The maximum atomic E-state index is 11.9. The maximum absolute atomic E-state index is 11.9. The zero-order valence-electron chi connectivity index (χ0n) is 10.6. The predicted molar refractivity (Wildman–Crippen MR) is 62.8 cm³/mol. The zero-order chi connectivity index (χ0) is 11.6. The SMILES string of the molecule is CC1CCN(C(=O)NC(C)(C)C)CC1C. The minimum atomic E-state index is -0.136. The van der Waals surface area contributed by atoms with Crippen molar-refractivity contribution in [1.29, 1.82) is 0 Å². The molecule has 1 fully saturated rings. The van der Waals surface area contributed by atoms with E-state index in [0.717, 1.165) is 25.4 Å². The molecule has 1 aliphatic heterocycles. The number of piperidine rings is 1. The summed E-state index contributed by atoms with van der Waals surface area (Å²) in [6, 6.07) is 0.0845. The van der Waals surface area contributed by atoms with Crippen molar-refractivity contribution >= 4 is 6.03 Å². The van der Waals surface area contributed by atoms with E-state index in [9.17, 15) is 4.79 Å². The highest BCUT2D eigenvalue weighted by Gasteiger charge is 2.27. The quantitative estimate of drug-likeness (QED) is 0.657. The van der Waals surface area contributed by atoms with Crippen LogP contribution in [0.4, 0.5) is 4.79 Å². The van der Waals surface area contributed by atoms with Gasteiger partial charge in [-0.1, -0.05) is 13.8 Å². The van der Waals surface area contributed by atoms with Crippen molar-refractivity contribution in [3.8, 4) is 0 Å². The van der Waals surface area contributed by atoms with Gasteiger partial charge in [0, 0.05) is 18.6 Å². The molecule has 0 aromatic carbocycles. The van der Waals surface area contributed by atoms with E-state index in [4.69, 9.17) is 0 Å². The van der Waals surface area contributed by atoms with Crippen molar-refractivity contribution in [1.82, 2.24) is 10.2 Å². The average Bonchev–Trinajstić information content (AvgIpc) is 2.06. The Bertz CT molecular complexity index is 232. The van der Waals surface area contributed by atoms with Crippen LogP contribution in [0.15, 0.2) is 0 Å². The predicted octanol–water partition coefficient (Wildman–Crippen LogP) is 2.47. The molecule has 0 aromatic heterocycles. The second kappa shape index (κ2) is 4.42. The van der Waals surface area contributed by atoms with Crippen LogP contribution in [-0.4, -0.2) is 29.6 Å². The van der Waals surface area contributed by atoms with Gasteiger partial charge in [-0.25, -0.2) is 4.79 Å². The zero-order valence-corrected chi connectivity index (χ0v) is 10.6. The van der Waals surface area contributed by atoms with Gasteiger partial charge in [-0.3, -0.25) is 0 Å². The number of nitrogens with zero attached hydrogens (tertiary/aromatic N) is 1. The van der Waals surface area contributed by atoms with E-state index in [2.05, 4.69) is 19.2 Å². The Labute approximate surface area is 93.2 Å². The third-order valence-corrected chi connectivity index (χ3v) is 3.10. The highest BCUT2D eigenvalue weighted by atomic mass is 16.2. The van der Waals surface area contributed by atoms with E-state index in [1.165, 1.54) is 0 Å². The van der Waals surface area contributed by atoms with Crippen LogP contribution >= 0.6 is 0 Å². The molecule has 1 saturated heterocycles. The smallest absolute Gasteiger partial charge is 0.317 e. The largest absolute Gasteiger partial charge is 0.333 e. The number of likely N-dealkylation sites (tertiary alicyclic amines) is 1. The summed E-state index contributed by atoms with van der Waals surface area (Å²) in [5.41, 5.74) is -0.136. The van der Waals surface area contributed by atoms with Gasteiger partial charge in [0.25, 0.3) is 0 Å². The molecule has 0 radical (unpaired) electrons. The summed E-state index contributed by atoms with van der Waals surface area (Å²) in [6.45, 7) is 12.3. The minimum Gasteiger partial charge on any atom is -0.333 e. The van der Waals surface area contributed by atoms with Gasteiger partial charge in [0.15, 0.2) is 0 Å². The monoisotopic (exact) mass is 212 g/mol. The molecule has 0 spiro atoms. The summed E-state index contributed by atoms with van der Waals surface area (Å²) in [6.07, 6.45) is 1.12. The molecule has 2 amide bonds. The van der Waals surface area contributed by atoms with Crippen LogP contribution in [0.25, 0.3) is 0 Å². The molecular weight excluding hydrogens is 188 g/mol. The Morgan fingerprint density at radius 3 is 2.33 bits per heavy atom. The summed E-state index contributed by atoms with van der Waals surface area (Å²) in [5, 5.41) is 3.01. The van der Waals surface area contributed by atoms with Gasteiger partial charge in [-0.05, 0) is 39.0 Å². The minimum absolute atomic E-state index is 0.0845. The van der Waals surface area contributed by atoms with E-state index < -0.39 is 0 Å². The molecule has 1 rings (SSSR count). The van der Waals surface area contributed by atoms with Crippen molar-refractivity contribution in [2.45, 2.75) is 46.6 Å². The van der Waals surface area contributed by atoms with Crippen molar-refractivity contribution in [2.24, 2.45) is 11.8 Å². The standard InChI is InChI=1S/C12H24N2O/c1-9-6-7-14(8-10(9)2)11(15)13-12(3,4)5/h9-10H,6-8H2,1-5H3,(H,13,15). The number of carbonyl (C=O) groups excluding carboxylic acids is 1. The number of hydrogen-bond acceptors (Lipinski definition) is 1. The number of urea groups is 1. The molecule has 88 valence electrons. The van der Waals surface area contributed by atoms with Crippen LogP contribution in [0.2, 0.25) is 0 Å². The van der Waals surface area contributed by atoms with Gasteiger partial charge in [-0.15, -0.1) is 0 Å². The molecule has 0 bridgehead atoms. The lowest BCUT2D eigenvalue weighted by Crippen LogP contribution is -2.52. The fraction of sp³-hybridized carbons (Fsp3) is 0.917. The van der Waals surface area contributed by atoms with Gasteiger partial charge < -0.3 is 10.2 Å². The Hall–Kier alpha value is -0.730. The Morgan fingerprint density at radius 1 is 1.27 bits per heavy atom. The van der Waals surface area contributed by atoms with Gasteiger partial charge in [-0.2, -0.15) is 0 Å². The Morgan fingerprint density at radius 2 is 1.87 bits per heavy atom. The normalized spacial score (nSPS) is 27.7. The van der Waals surface area contributed by atoms with Crippen molar-refractivity contribution < 1.29 is 4.79 Å². The van der Waals surface area contributed by atoms with E-state index in [-0.39, 0.29) is 11.6 Å². The third-order valence-electron chi connectivity index (χ3n) is 3.10. The molecule has 0 aromatic rings. The second-order valence-corrected chi connectivity index (χ2v) is 5.87. The summed E-state index contributed by atoms with van der Waals surface area (Å²) in [4.78, 5) is 13.8. The second-order valence-electron chi connectivity index (χ2n) is 5.87. The first kappa shape index (κ1) is 12.3. The topological polar surface area (TPSA) is 32.3 Å². The molecule has 0 saturated carbocycles. The van der Waals surface area contributed by atoms with Crippen molar-refractivity contribution in [3.05, 3.63) is 0 Å². The van der Waals surface area contributed by atoms with Crippen LogP contribution in [0.1, 0.15) is 41.0 Å². The number of rotatable bonds is 0. The molecule has 1 N–H and O–H groups in total. The fourth-order valence-corrected chi connectivity index (χ4v) is 1.85. The van der Waals surface area contributed by atoms with Gasteiger partial charge in [0.1, 0.15) is 0 Å². The molecule has 3 heteroatoms. The van der Waals surface area contributed by atoms with Crippen LogP contribution < -0.4 is 5.32 Å². The average molecular weight is 212 g/mol. The molecule has 0 aliphatic carbocycles. The molecule has 15 heavy (non-hydrogen) atoms. The van der Waals surface area contributed by atoms with Gasteiger partial charge >= 0.3 is 6.03 Å². The first-order valence-electron chi connectivity index (χ1n) is 5.86. The lowest BCUT2D eigenvalue weighted by molar-refractivity contribution is 0.139. The highest BCUT2D eigenvalue weighted by molar-refractivity contribution is 5.75. The van der Waals surface area contributed by atoms with E-state index in [0.29, 0.717) is 5.92 Å². The highest BCUT2D eigenvalue weighted by Crippen LogP contribution is 2.22. The van der Waals surface area contributed by atoms with Crippen LogP contribution in [0.5, 0.6) is 0 Å². The van der Waals surface area contributed by atoms with E-state index in [1.807, 2.05) is 25.7 Å². The molecule has 2 unspecified atom stereocenters. The summed E-state index contributed by atoms with van der Waals surface area (Å²) < 4.78 is 0. The number of amides is 2. The van der Waals surface area contributed by atoms with Crippen LogP contribution in [0, 0.1) is 11.8 Å². The summed E-state index contributed by atoms with van der Waals surface area (Å²) >= 11 is 0. The molecule has 1 aliphatic rings. The lowest BCUT2D eigenvalue weighted by Gasteiger charge is -2.36. The summed E-state index contributed by atoms with van der Waals surface area (Å²) in [7, 11) is 0. The first-order chi connectivity index (χ1) is 6.79. The molecular formula is C12H24N2O. The van der Waals surface area contributed by atoms with Gasteiger partial charge in [0.2, 0.25) is 0 Å². The first-order valence-corrected chi connectivity index (χ1v) is 5.86. The summed E-state index contributed by atoms with van der Waals surface area (Å²) in [5.74, 6) is 1.35. The Kier molecular flexibility index (Phi) is 3.63. The molecule has 3 nitrogen and oxygen atoms in total. The third kappa shape index (κ3) is 3.73. The van der Waals surface area contributed by atoms with E-state index >= 15 is 0 Å².